The van der Waals surface area contributed by atoms with Crippen LogP contribution in [0.4, 0.5) is 11.6 Å². The van der Waals surface area contributed by atoms with E-state index in [2.05, 4.69) is 35.3 Å². The van der Waals surface area contributed by atoms with Crippen molar-refractivity contribution in [3.05, 3.63) is 65.2 Å². The SMILES string of the molecule is CC(CNSc1cccc(C(=O)N2CCC3(CC2)CN/C(=N\C(=O)c2nc(Cl)c(N)nc2N)N3)c1)Oc1cccnc1. The number of anilines is 2. The third-order valence-electron chi connectivity index (χ3n) is 6.92. The lowest BCUT2D eigenvalue weighted by Gasteiger charge is -2.38. The second kappa shape index (κ2) is 12.8. The molecular weight excluding hydrogens is 580 g/mol. The number of nitrogens with one attached hydrogen (secondary N) is 3. The molecule has 0 radical (unpaired) electrons. The van der Waals surface area contributed by atoms with Gasteiger partial charge in [0.1, 0.15) is 11.9 Å². The van der Waals surface area contributed by atoms with Crippen LogP contribution in [0.15, 0.2) is 58.7 Å². The van der Waals surface area contributed by atoms with E-state index in [0.29, 0.717) is 50.5 Å². The summed E-state index contributed by atoms with van der Waals surface area (Å²) in [5.74, 6) is 0.112. The van der Waals surface area contributed by atoms with Gasteiger partial charge in [0.2, 0.25) is 0 Å². The van der Waals surface area contributed by atoms with Gasteiger partial charge in [0.15, 0.2) is 28.4 Å². The monoisotopic (exact) mass is 610 g/mol. The number of carbonyl (C=O) groups excluding carboxylic acids is 2. The van der Waals surface area contributed by atoms with Crippen molar-refractivity contribution in [1.82, 2.24) is 35.2 Å². The highest BCUT2D eigenvalue weighted by Crippen LogP contribution is 2.27. The summed E-state index contributed by atoms with van der Waals surface area (Å²) in [6.07, 6.45) is 4.69. The highest BCUT2D eigenvalue weighted by Gasteiger charge is 2.41. The van der Waals surface area contributed by atoms with Gasteiger partial charge in [-0.3, -0.25) is 19.3 Å². The van der Waals surface area contributed by atoms with Gasteiger partial charge in [-0.25, -0.2) is 9.97 Å². The minimum absolute atomic E-state index is 0.0233. The summed E-state index contributed by atoms with van der Waals surface area (Å²) in [5.41, 5.74) is 11.5. The van der Waals surface area contributed by atoms with E-state index in [1.807, 2.05) is 48.2 Å². The number of carbonyl (C=O) groups is 2. The number of hydrogen-bond donors (Lipinski definition) is 5. The van der Waals surface area contributed by atoms with Gasteiger partial charge in [-0.15, -0.1) is 0 Å². The third kappa shape index (κ3) is 7.01. The standard InChI is InChI=1S/C27H31ClN10O3S/c1-16(41-18-5-3-9-31-14-18)13-33-42-19-6-2-4-17(12-19)25(40)38-10-7-27(8-11-38)15-32-26(37-27)36-24(39)20-22(29)35-23(30)21(28)34-20/h2-6,9,12,14,16,33H,7-8,10-11,13,15H2,1H3,(H4,29,30,35)(H2,32,36,37,39). The topological polar surface area (TPSA) is 186 Å². The molecule has 7 N–H and O–H groups in total. The number of aliphatic imine (C=N–C) groups is 1. The quantitative estimate of drug-likeness (QED) is 0.234. The molecule has 3 aromatic rings. The molecule has 2 fully saturated rings. The molecular formula is C27H31ClN10O3S. The van der Waals surface area contributed by atoms with Gasteiger partial charge in [-0.1, -0.05) is 17.7 Å². The predicted molar refractivity (Wildman–Crippen MR) is 161 cm³/mol. The molecule has 13 nitrogen and oxygen atoms in total. The van der Waals surface area contributed by atoms with Crippen molar-refractivity contribution in [2.45, 2.75) is 36.3 Å². The van der Waals surface area contributed by atoms with E-state index in [-0.39, 0.29) is 40.0 Å². The third-order valence-corrected chi connectivity index (χ3v) is 8.00. The van der Waals surface area contributed by atoms with Crippen molar-refractivity contribution in [1.29, 1.82) is 0 Å². The summed E-state index contributed by atoms with van der Waals surface area (Å²) in [7, 11) is 0. The van der Waals surface area contributed by atoms with E-state index in [9.17, 15) is 9.59 Å². The molecule has 2 aliphatic heterocycles. The number of guanidine groups is 1. The van der Waals surface area contributed by atoms with Crippen LogP contribution in [0, 0.1) is 0 Å². The summed E-state index contributed by atoms with van der Waals surface area (Å²) < 4.78 is 9.15. The summed E-state index contributed by atoms with van der Waals surface area (Å²) in [6, 6.07) is 11.3. The zero-order valence-electron chi connectivity index (χ0n) is 22.8. The lowest BCUT2D eigenvalue weighted by Crippen LogP contribution is -2.53. The lowest BCUT2D eigenvalue weighted by molar-refractivity contribution is 0.0668. The van der Waals surface area contributed by atoms with Crippen LogP contribution >= 0.6 is 23.5 Å². The predicted octanol–water partition coefficient (Wildman–Crippen LogP) is 2.12. The smallest absolute Gasteiger partial charge is 0.302 e. The molecule has 2 saturated heterocycles. The molecule has 15 heteroatoms. The van der Waals surface area contributed by atoms with Crippen LogP contribution in [0.5, 0.6) is 5.75 Å². The Balaban J connectivity index is 1.11. The Bertz CT molecular complexity index is 1480. The number of nitrogen functional groups attached to an aromatic ring is 2. The number of amides is 2. The van der Waals surface area contributed by atoms with Crippen LogP contribution in [0.3, 0.4) is 0 Å². The number of likely N-dealkylation sites (tertiary alicyclic amines) is 1. The molecule has 220 valence electrons. The van der Waals surface area contributed by atoms with Crippen molar-refractivity contribution in [2.75, 3.05) is 37.6 Å². The van der Waals surface area contributed by atoms with Crippen molar-refractivity contribution >= 4 is 53.0 Å². The zero-order chi connectivity index (χ0) is 29.7. The number of ether oxygens (including phenoxy) is 1. The number of hydrogen-bond acceptors (Lipinski definition) is 10. The van der Waals surface area contributed by atoms with Crippen LogP contribution in [0.1, 0.15) is 40.6 Å². The molecule has 0 bridgehead atoms. The molecule has 1 atom stereocenters. The van der Waals surface area contributed by atoms with Crippen LogP contribution < -0.4 is 31.6 Å². The number of nitrogens with zero attached hydrogens (tertiary/aromatic N) is 5. The molecule has 1 aromatic carbocycles. The number of piperidine rings is 1. The highest BCUT2D eigenvalue weighted by molar-refractivity contribution is 7.97. The number of aromatic nitrogens is 3. The summed E-state index contributed by atoms with van der Waals surface area (Å²) >= 11 is 7.34. The molecule has 2 aliphatic rings. The first-order chi connectivity index (χ1) is 20.2. The molecule has 2 aromatic heterocycles. The van der Waals surface area contributed by atoms with Crippen LogP contribution in [-0.2, 0) is 0 Å². The number of rotatable bonds is 8. The first-order valence-electron chi connectivity index (χ1n) is 13.3. The molecule has 0 aliphatic carbocycles. The van der Waals surface area contributed by atoms with Crippen LogP contribution in [-0.4, -0.2) is 75.4 Å². The highest BCUT2D eigenvalue weighted by atomic mass is 35.5. The van der Waals surface area contributed by atoms with Gasteiger partial charge in [0.25, 0.3) is 5.91 Å². The maximum absolute atomic E-state index is 13.3. The van der Waals surface area contributed by atoms with E-state index in [4.69, 9.17) is 27.8 Å². The normalized spacial score (nSPS) is 17.5. The van der Waals surface area contributed by atoms with Gasteiger partial charge >= 0.3 is 5.91 Å². The minimum Gasteiger partial charge on any atom is -0.488 e. The molecule has 1 unspecified atom stereocenters. The average Bonchev–Trinajstić information content (AvgIpc) is 3.37. The maximum atomic E-state index is 13.3. The van der Waals surface area contributed by atoms with Crippen molar-refractivity contribution in [2.24, 2.45) is 4.99 Å². The number of halogens is 1. The van der Waals surface area contributed by atoms with Crippen molar-refractivity contribution in [3.63, 3.8) is 0 Å². The van der Waals surface area contributed by atoms with E-state index in [1.165, 1.54) is 11.9 Å². The lowest BCUT2D eigenvalue weighted by atomic mass is 9.88. The largest absolute Gasteiger partial charge is 0.488 e. The zero-order valence-corrected chi connectivity index (χ0v) is 24.4. The first kappa shape index (κ1) is 29.4. The minimum atomic E-state index is -0.690. The molecule has 5 rings (SSSR count). The second-order valence-electron chi connectivity index (χ2n) is 10.0. The van der Waals surface area contributed by atoms with Gasteiger partial charge in [0, 0.05) is 42.8 Å². The van der Waals surface area contributed by atoms with E-state index >= 15 is 0 Å². The Morgan fingerprint density at radius 3 is 2.79 bits per heavy atom. The fourth-order valence-electron chi connectivity index (χ4n) is 4.66. The Morgan fingerprint density at radius 2 is 2.02 bits per heavy atom. The Labute approximate surface area is 252 Å². The Kier molecular flexibility index (Phi) is 8.94. The van der Waals surface area contributed by atoms with Gasteiger partial charge in [-0.2, -0.15) is 4.99 Å². The average molecular weight is 611 g/mol. The summed E-state index contributed by atoms with van der Waals surface area (Å²) in [4.78, 5) is 44.6. The second-order valence-corrected chi connectivity index (χ2v) is 11.4. The Morgan fingerprint density at radius 1 is 1.21 bits per heavy atom. The molecule has 4 heterocycles. The van der Waals surface area contributed by atoms with Gasteiger partial charge < -0.3 is 31.7 Å². The fourth-order valence-corrected chi connectivity index (χ4v) is 5.61. The summed E-state index contributed by atoms with van der Waals surface area (Å²) in [6.45, 7) is 4.26. The van der Waals surface area contributed by atoms with E-state index in [0.717, 1.165) is 10.6 Å². The van der Waals surface area contributed by atoms with Crippen LogP contribution in [0.2, 0.25) is 5.15 Å². The van der Waals surface area contributed by atoms with E-state index in [1.54, 1.807) is 12.4 Å². The van der Waals surface area contributed by atoms with Crippen molar-refractivity contribution < 1.29 is 14.3 Å². The van der Waals surface area contributed by atoms with Gasteiger partial charge in [-0.05, 0) is 62.0 Å². The molecule has 1 spiro atoms. The summed E-state index contributed by atoms with van der Waals surface area (Å²) in [5, 5.41) is 6.33. The van der Waals surface area contributed by atoms with Crippen molar-refractivity contribution in [3.8, 4) is 5.75 Å². The first-order valence-corrected chi connectivity index (χ1v) is 14.5. The molecule has 42 heavy (non-hydrogen) atoms. The maximum Gasteiger partial charge on any atom is 0.302 e. The van der Waals surface area contributed by atoms with Gasteiger partial charge in [0.05, 0.1) is 11.7 Å². The molecule has 2 amide bonds. The Hall–Kier alpha value is -4.14. The molecule has 0 saturated carbocycles. The number of pyridine rings is 1. The number of benzene rings is 1. The number of nitrogens with two attached hydrogens (primary N) is 2. The van der Waals surface area contributed by atoms with E-state index < -0.39 is 5.91 Å². The van der Waals surface area contributed by atoms with Crippen LogP contribution in [0.25, 0.3) is 0 Å². The fraction of sp³-hybridized carbons (Fsp3) is 0.333.